The van der Waals surface area contributed by atoms with Crippen molar-refractivity contribution in [2.75, 3.05) is 11.9 Å². The maximum atomic E-state index is 9.93. The summed E-state index contributed by atoms with van der Waals surface area (Å²) in [7, 11) is 0. The Bertz CT molecular complexity index is 453. The van der Waals surface area contributed by atoms with Crippen molar-refractivity contribution in [2.45, 2.75) is 6.10 Å². The molecule has 1 atom stereocenters. The van der Waals surface area contributed by atoms with Gasteiger partial charge in [-0.05, 0) is 29.8 Å². The van der Waals surface area contributed by atoms with E-state index in [2.05, 4.69) is 5.32 Å². The minimum atomic E-state index is -0.587. The second kappa shape index (κ2) is 5.37. The van der Waals surface area contributed by atoms with Crippen LogP contribution in [0.15, 0.2) is 54.6 Å². The average molecular weight is 229 g/mol. The minimum Gasteiger partial charge on any atom is -0.508 e. The standard InChI is InChI=1S/C14H15NO2/c16-13-8-6-11(7-9-13)14(17)10-15-12-4-2-1-3-5-12/h1-9,14-17H,10H2. The van der Waals surface area contributed by atoms with Gasteiger partial charge in [-0.25, -0.2) is 0 Å². The van der Waals surface area contributed by atoms with Gasteiger partial charge in [0.1, 0.15) is 5.75 Å². The van der Waals surface area contributed by atoms with Gasteiger partial charge in [-0.3, -0.25) is 0 Å². The average Bonchev–Trinajstić information content (AvgIpc) is 2.38. The van der Waals surface area contributed by atoms with Crippen LogP contribution in [-0.4, -0.2) is 16.8 Å². The van der Waals surface area contributed by atoms with E-state index in [-0.39, 0.29) is 5.75 Å². The second-order valence-corrected chi connectivity index (χ2v) is 3.85. The highest BCUT2D eigenvalue weighted by atomic mass is 16.3. The first-order chi connectivity index (χ1) is 8.25. The summed E-state index contributed by atoms with van der Waals surface area (Å²) >= 11 is 0. The number of hydrogen-bond acceptors (Lipinski definition) is 3. The Morgan fingerprint density at radius 3 is 2.24 bits per heavy atom. The Morgan fingerprint density at radius 1 is 0.941 bits per heavy atom. The summed E-state index contributed by atoms with van der Waals surface area (Å²) in [6.07, 6.45) is -0.587. The van der Waals surface area contributed by atoms with Crippen molar-refractivity contribution in [3.63, 3.8) is 0 Å². The van der Waals surface area contributed by atoms with Crippen LogP contribution >= 0.6 is 0 Å². The van der Waals surface area contributed by atoms with Gasteiger partial charge in [-0.15, -0.1) is 0 Å². The summed E-state index contributed by atoms with van der Waals surface area (Å²) in [5, 5.41) is 22.2. The zero-order chi connectivity index (χ0) is 12.1. The summed E-state index contributed by atoms with van der Waals surface area (Å²) in [6.45, 7) is 0.439. The van der Waals surface area contributed by atoms with Crippen LogP contribution in [0.4, 0.5) is 5.69 Å². The van der Waals surface area contributed by atoms with Gasteiger partial charge < -0.3 is 15.5 Å². The van der Waals surface area contributed by atoms with Crippen LogP contribution in [0, 0.1) is 0 Å². The van der Waals surface area contributed by atoms with E-state index in [1.807, 2.05) is 30.3 Å². The molecule has 0 bridgehead atoms. The van der Waals surface area contributed by atoms with Crippen LogP contribution in [-0.2, 0) is 0 Å². The number of nitrogens with one attached hydrogen (secondary N) is 1. The number of phenolic OH excluding ortho intramolecular Hbond substituents is 1. The molecule has 1 unspecified atom stereocenters. The summed E-state index contributed by atoms with van der Waals surface area (Å²) in [5.74, 6) is 0.206. The summed E-state index contributed by atoms with van der Waals surface area (Å²) < 4.78 is 0. The molecule has 3 heteroatoms. The molecule has 0 aliphatic heterocycles. The lowest BCUT2D eigenvalue weighted by molar-refractivity contribution is 0.191. The van der Waals surface area contributed by atoms with E-state index in [9.17, 15) is 5.11 Å². The highest BCUT2D eigenvalue weighted by Gasteiger charge is 2.06. The molecule has 0 spiro atoms. The smallest absolute Gasteiger partial charge is 0.115 e. The third-order valence-corrected chi connectivity index (χ3v) is 2.55. The fourth-order valence-corrected chi connectivity index (χ4v) is 1.58. The molecule has 0 heterocycles. The van der Waals surface area contributed by atoms with Crippen molar-refractivity contribution in [1.82, 2.24) is 0 Å². The predicted molar refractivity (Wildman–Crippen MR) is 68.0 cm³/mol. The van der Waals surface area contributed by atoms with Gasteiger partial charge in [0.05, 0.1) is 6.10 Å². The Labute approximate surface area is 100 Å². The van der Waals surface area contributed by atoms with Gasteiger partial charge >= 0.3 is 0 Å². The van der Waals surface area contributed by atoms with Crippen LogP contribution in [0.1, 0.15) is 11.7 Å². The van der Waals surface area contributed by atoms with Crippen LogP contribution in [0.3, 0.4) is 0 Å². The summed E-state index contributed by atoms with van der Waals surface area (Å²) in [5.41, 5.74) is 1.76. The van der Waals surface area contributed by atoms with Crippen molar-refractivity contribution in [1.29, 1.82) is 0 Å². The predicted octanol–water partition coefficient (Wildman–Crippen LogP) is 2.54. The second-order valence-electron chi connectivity index (χ2n) is 3.85. The third-order valence-electron chi connectivity index (χ3n) is 2.55. The van der Waals surface area contributed by atoms with Crippen molar-refractivity contribution in [3.8, 4) is 5.75 Å². The zero-order valence-electron chi connectivity index (χ0n) is 9.38. The number of aliphatic hydroxyl groups excluding tert-OH is 1. The molecule has 3 N–H and O–H groups in total. The molecule has 2 aromatic carbocycles. The van der Waals surface area contributed by atoms with E-state index in [1.165, 1.54) is 0 Å². The van der Waals surface area contributed by atoms with E-state index in [0.29, 0.717) is 6.54 Å². The van der Waals surface area contributed by atoms with Crippen molar-refractivity contribution in [3.05, 3.63) is 60.2 Å². The van der Waals surface area contributed by atoms with Crippen molar-refractivity contribution < 1.29 is 10.2 Å². The third kappa shape index (κ3) is 3.23. The van der Waals surface area contributed by atoms with Gasteiger partial charge in [0.25, 0.3) is 0 Å². The monoisotopic (exact) mass is 229 g/mol. The maximum absolute atomic E-state index is 9.93. The molecule has 0 saturated heterocycles. The normalized spacial score (nSPS) is 12.1. The van der Waals surface area contributed by atoms with Crippen LogP contribution < -0.4 is 5.32 Å². The van der Waals surface area contributed by atoms with Crippen LogP contribution in [0.2, 0.25) is 0 Å². The molecule has 0 aliphatic carbocycles. The molecular formula is C14H15NO2. The van der Waals surface area contributed by atoms with E-state index >= 15 is 0 Å². The van der Waals surface area contributed by atoms with Crippen molar-refractivity contribution in [2.24, 2.45) is 0 Å². The molecule has 0 aliphatic rings. The number of para-hydroxylation sites is 1. The lowest BCUT2D eigenvalue weighted by Crippen LogP contribution is -2.11. The van der Waals surface area contributed by atoms with Gasteiger partial charge in [-0.1, -0.05) is 30.3 Å². The number of rotatable bonds is 4. The highest BCUT2D eigenvalue weighted by molar-refractivity contribution is 5.42. The molecule has 2 rings (SSSR count). The molecule has 0 amide bonds. The number of benzene rings is 2. The molecule has 0 aromatic heterocycles. The molecular weight excluding hydrogens is 214 g/mol. The Kier molecular flexibility index (Phi) is 3.62. The SMILES string of the molecule is Oc1ccc(C(O)CNc2ccccc2)cc1. The number of aliphatic hydroxyl groups is 1. The van der Waals surface area contributed by atoms with Crippen LogP contribution in [0.5, 0.6) is 5.75 Å². The van der Waals surface area contributed by atoms with E-state index in [4.69, 9.17) is 5.11 Å². The molecule has 0 radical (unpaired) electrons. The molecule has 2 aromatic rings. The molecule has 0 fully saturated rings. The van der Waals surface area contributed by atoms with Gasteiger partial charge in [0.15, 0.2) is 0 Å². The topological polar surface area (TPSA) is 52.5 Å². The fraction of sp³-hybridized carbons (Fsp3) is 0.143. The quantitative estimate of drug-likeness (QED) is 0.755. The minimum absolute atomic E-state index is 0.206. The first-order valence-corrected chi connectivity index (χ1v) is 5.51. The molecule has 0 saturated carbocycles. The first-order valence-electron chi connectivity index (χ1n) is 5.51. The number of aromatic hydroxyl groups is 1. The molecule has 88 valence electrons. The Hall–Kier alpha value is -2.00. The number of phenols is 1. The van der Waals surface area contributed by atoms with E-state index < -0.39 is 6.10 Å². The molecule has 17 heavy (non-hydrogen) atoms. The first kappa shape index (κ1) is 11.5. The highest BCUT2D eigenvalue weighted by Crippen LogP contribution is 2.17. The largest absolute Gasteiger partial charge is 0.508 e. The van der Waals surface area contributed by atoms with Crippen molar-refractivity contribution >= 4 is 5.69 Å². The van der Waals surface area contributed by atoms with Gasteiger partial charge in [-0.2, -0.15) is 0 Å². The van der Waals surface area contributed by atoms with Gasteiger partial charge in [0, 0.05) is 12.2 Å². The maximum Gasteiger partial charge on any atom is 0.115 e. The lowest BCUT2D eigenvalue weighted by atomic mass is 10.1. The zero-order valence-corrected chi connectivity index (χ0v) is 9.38. The lowest BCUT2D eigenvalue weighted by Gasteiger charge is -2.13. The Balaban J connectivity index is 1.93. The van der Waals surface area contributed by atoms with E-state index in [1.54, 1.807) is 24.3 Å². The Morgan fingerprint density at radius 2 is 1.59 bits per heavy atom. The molecule has 3 nitrogen and oxygen atoms in total. The number of anilines is 1. The number of hydrogen-bond donors (Lipinski definition) is 3. The van der Waals surface area contributed by atoms with Gasteiger partial charge in [0.2, 0.25) is 0 Å². The van der Waals surface area contributed by atoms with E-state index in [0.717, 1.165) is 11.3 Å². The van der Waals surface area contributed by atoms with Crippen LogP contribution in [0.25, 0.3) is 0 Å². The summed E-state index contributed by atoms with van der Waals surface area (Å²) in [4.78, 5) is 0. The summed E-state index contributed by atoms with van der Waals surface area (Å²) in [6, 6.07) is 16.3. The fourth-order valence-electron chi connectivity index (χ4n) is 1.58.